The number of nitrogens with zero attached hydrogens (tertiary/aromatic N) is 3. The molecule has 34 heavy (non-hydrogen) atoms. The van der Waals surface area contributed by atoms with Crippen LogP contribution >= 0.6 is 11.8 Å². The smallest absolute Gasteiger partial charge is 0.253 e. The SMILES string of the molecule is COc1ccc2nccc(NC(=O)[C@@H]3CC[C@@H](NCc4ccc5c(n4)NC(=O)CS5)CO3)c2n1. The molecule has 176 valence electrons. The second-order valence-electron chi connectivity index (χ2n) is 8.03. The van der Waals surface area contributed by atoms with E-state index in [1.54, 1.807) is 31.5 Å². The molecule has 2 atom stereocenters. The van der Waals surface area contributed by atoms with E-state index >= 15 is 0 Å². The average molecular weight is 481 g/mol. The molecule has 1 saturated heterocycles. The van der Waals surface area contributed by atoms with Crippen molar-refractivity contribution in [1.29, 1.82) is 0 Å². The first-order valence-corrected chi connectivity index (χ1v) is 12.0. The number of carbonyl (C=O) groups is 2. The van der Waals surface area contributed by atoms with Gasteiger partial charge in [0.15, 0.2) is 0 Å². The van der Waals surface area contributed by atoms with Gasteiger partial charge in [0.1, 0.15) is 17.4 Å². The number of thioether (sulfide) groups is 1. The minimum absolute atomic E-state index is 0.0326. The van der Waals surface area contributed by atoms with E-state index in [0.717, 1.165) is 17.0 Å². The van der Waals surface area contributed by atoms with Crippen LogP contribution in [-0.4, -0.2) is 58.4 Å². The number of nitrogens with one attached hydrogen (secondary N) is 3. The van der Waals surface area contributed by atoms with Gasteiger partial charge >= 0.3 is 0 Å². The van der Waals surface area contributed by atoms with Crippen LogP contribution in [0.2, 0.25) is 0 Å². The summed E-state index contributed by atoms with van der Waals surface area (Å²) in [6, 6.07) is 9.29. The van der Waals surface area contributed by atoms with E-state index in [1.807, 2.05) is 12.1 Å². The Morgan fingerprint density at radius 3 is 2.97 bits per heavy atom. The third-order valence-electron chi connectivity index (χ3n) is 5.70. The summed E-state index contributed by atoms with van der Waals surface area (Å²) in [6.45, 7) is 0.966. The second kappa shape index (κ2) is 9.92. The molecule has 0 aliphatic carbocycles. The Labute approximate surface area is 200 Å². The summed E-state index contributed by atoms with van der Waals surface area (Å²) in [4.78, 5) is 38.6. The highest BCUT2D eigenvalue weighted by molar-refractivity contribution is 8.00. The van der Waals surface area contributed by atoms with E-state index in [9.17, 15) is 9.59 Å². The Bertz CT molecular complexity index is 1230. The van der Waals surface area contributed by atoms with Gasteiger partial charge in [-0.15, -0.1) is 11.8 Å². The van der Waals surface area contributed by atoms with E-state index < -0.39 is 6.10 Å². The number of rotatable bonds is 6. The van der Waals surface area contributed by atoms with Crippen LogP contribution < -0.4 is 20.7 Å². The summed E-state index contributed by atoms with van der Waals surface area (Å²) in [5, 5.41) is 9.16. The standard InChI is InChI=1S/C23H24N6O4S/c1-32-20-7-4-15-21(29-20)16(8-9-24-15)27-23(31)17-5-2-14(11-33-17)25-10-13-3-6-18-22(26-13)28-19(30)12-34-18/h3-4,6-9,14,17,25H,2,5,10-12H2,1H3,(H,24,27,31)(H,26,28,30)/t14-,17+/m1/s1. The van der Waals surface area contributed by atoms with Crippen LogP contribution in [0.15, 0.2) is 41.4 Å². The highest BCUT2D eigenvalue weighted by atomic mass is 32.2. The fraction of sp³-hybridized carbons (Fsp3) is 0.348. The topological polar surface area (TPSA) is 127 Å². The van der Waals surface area contributed by atoms with Gasteiger partial charge in [0.25, 0.3) is 5.91 Å². The first-order chi connectivity index (χ1) is 16.6. The Balaban J connectivity index is 1.14. The Kier molecular flexibility index (Phi) is 6.57. The maximum Gasteiger partial charge on any atom is 0.253 e. The summed E-state index contributed by atoms with van der Waals surface area (Å²) in [5.41, 5.74) is 2.65. The molecular formula is C23H24N6O4S. The Morgan fingerprint density at radius 2 is 2.15 bits per heavy atom. The van der Waals surface area contributed by atoms with E-state index in [2.05, 4.69) is 30.9 Å². The minimum Gasteiger partial charge on any atom is -0.481 e. The second-order valence-corrected chi connectivity index (χ2v) is 9.05. The van der Waals surface area contributed by atoms with Gasteiger partial charge in [-0.05, 0) is 37.1 Å². The minimum atomic E-state index is -0.541. The lowest BCUT2D eigenvalue weighted by molar-refractivity contribution is -0.131. The molecule has 0 aromatic carbocycles. The number of hydrogen-bond donors (Lipinski definition) is 3. The molecule has 3 aromatic rings. The average Bonchev–Trinajstić information content (AvgIpc) is 2.87. The van der Waals surface area contributed by atoms with Crippen molar-refractivity contribution < 1.29 is 19.1 Å². The molecule has 0 spiro atoms. The molecule has 0 saturated carbocycles. The molecule has 2 aliphatic heterocycles. The molecule has 0 radical (unpaired) electrons. The first kappa shape index (κ1) is 22.5. The van der Waals surface area contributed by atoms with Gasteiger partial charge in [-0.25, -0.2) is 9.97 Å². The van der Waals surface area contributed by atoms with E-state index in [0.29, 0.717) is 53.7 Å². The van der Waals surface area contributed by atoms with Crippen molar-refractivity contribution in [2.24, 2.45) is 0 Å². The van der Waals surface area contributed by atoms with Gasteiger partial charge in [-0.1, -0.05) is 0 Å². The van der Waals surface area contributed by atoms with Gasteiger partial charge in [0, 0.05) is 24.8 Å². The van der Waals surface area contributed by atoms with Crippen molar-refractivity contribution >= 4 is 46.1 Å². The lowest BCUT2D eigenvalue weighted by Gasteiger charge is -2.29. The fourth-order valence-corrected chi connectivity index (χ4v) is 4.66. The van der Waals surface area contributed by atoms with E-state index in [4.69, 9.17) is 9.47 Å². The number of pyridine rings is 3. The number of methoxy groups -OCH3 is 1. The van der Waals surface area contributed by atoms with Gasteiger partial charge < -0.3 is 25.4 Å². The first-order valence-electron chi connectivity index (χ1n) is 11.0. The molecule has 10 nitrogen and oxygen atoms in total. The molecule has 1 fully saturated rings. The number of aromatic nitrogens is 3. The molecule has 11 heteroatoms. The predicted molar refractivity (Wildman–Crippen MR) is 128 cm³/mol. The van der Waals surface area contributed by atoms with E-state index in [1.165, 1.54) is 11.8 Å². The molecule has 0 unspecified atom stereocenters. The maximum absolute atomic E-state index is 12.8. The zero-order valence-electron chi connectivity index (χ0n) is 18.5. The van der Waals surface area contributed by atoms with Crippen molar-refractivity contribution in [1.82, 2.24) is 20.3 Å². The lowest BCUT2D eigenvalue weighted by Crippen LogP contribution is -2.43. The molecule has 3 aromatic heterocycles. The third kappa shape index (κ3) is 4.96. The number of fused-ring (bicyclic) bond motifs is 2. The van der Waals surface area contributed by atoms with Crippen LogP contribution in [0.4, 0.5) is 11.5 Å². The van der Waals surface area contributed by atoms with Gasteiger partial charge in [-0.2, -0.15) is 0 Å². The largest absolute Gasteiger partial charge is 0.481 e. The van der Waals surface area contributed by atoms with E-state index in [-0.39, 0.29) is 17.9 Å². The van der Waals surface area contributed by atoms with Crippen LogP contribution in [0.1, 0.15) is 18.5 Å². The van der Waals surface area contributed by atoms with Gasteiger partial charge in [0.05, 0.1) is 41.3 Å². The van der Waals surface area contributed by atoms with Crippen LogP contribution in [0.3, 0.4) is 0 Å². The number of amides is 2. The third-order valence-corrected chi connectivity index (χ3v) is 6.74. The van der Waals surface area contributed by atoms with Crippen molar-refractivity contribution in [3.05, 3.63) is 42.2 Å². The highest BCUT2D eigenvalue weighted by Crippen LogP contribution is 2.29. The quantitative estimate of drug-likeness (QED) is 0.487. The van der Waals surface area contributed by atoms with Gasteiger partial charge in [0.2, 0.25) is 11.8 Å². The normalized spacial score (nSPS) is 19.9. The predicted octanol–water partition coefficient (Wildman–Crippen LogP) is 2.35. The maximum atomic E-state index is 12.8. The van der Waals surface area contributed by atoms with Gasteiger partial charge in [-0.3, -0.25) is 14.6 Å². The van der Waals surface area contributed by atoms with Crippen molar-refractivity contribution in [2.45, 2.75) is 36.4 Å². The summed E-state index contributed by atoms with van der Waals surface area (Å²) >= 11 is 1.49. The molecule has 5 rings (SSSR count). The lowest BCUT2D eigenvalue weighted by atomic mass is 10.0. The molecule has 5 heterocycles. The number of ether oxygens (including phenoxy) is 2. The molecule has 2 amide bonds. The summed E-state index contributed by atoms with van der Waals surface area (Å²) in [5.74, 6) is 1.25. The fourth-order valence-electron chi connectivity index (χ4n) is 3.91. The van der Waals surface area contributed by atoms with Crippen LogP contribution in [0, 0.1) is 0 Å². The Hall–Kier alpha value is -3.28. The molecule has 3 N–H and O–H groups in total. The number of anilines is 2. The van der Waals surface area contributed by atoms with Crippen LogP contribution in [-0.2, 0) is 20.9 Å². The Morgan fingerprint density at radius 1 is 1.24 bits per heavy atom. The summed E-state index contributed by atoms with van der Waals surface area (Å²) < 4.78 is 11.0. The number of carbonyl (C=O) groups excluding carboxylic acids is 2. The molecule has 0 bridgehead atoms. The van der Waals surface area contributed by atoms with Crippen molar-refractivity contribution in [2.75, 3.05) is 30.1 Å². The highest BCUT2D eigenvalue weighted by Gasteiger charge is 2.27. The van der Waals surface area contributed by atoms with Crippen molar-refractivity contribution in [3.63, 3.8) is 0 Å². The summed E-state index contributed by atoms with van der Waals surface area (Å²) in [7, 11) is 1.54. The molecule has 2 aliphatic rings. The molecular weight excluding hydrogens is 456 g/mol. The van der Waals surface area contributed by atoms with Crippen LogP contribution in [0.25, 0.3) is 11.0 Å². The van der Waals surface area contributed by atoms with Crippen LogP contribution in [0.5, 0.6) is 5.88 Å². The monoisotopic (exact) mass is 480 g/mol. The van der Waals surface area contributed by atoms with Crippen molar-refractivity contribution in [3.8, 4) is 5.88 Å². The zero-order chi connectivity index (χ0) is 23.5. The summed E-state index contributed by atoms with van der Waals surface area (Å²) in [6.07, 6.45) is 2.47. The zero-order valence-corrected chi connectivity index (χ0v) is 19.4. The number of hydrogen-bond acceptors (Lipinski definition) is 9.